The molecule has 0 radical (unpaired) electrons. The molecule has 0 saturated heterocycles. The third kappa shape index (κ3) is 3.28. The van der Waals surface area contributed by atoms with E-state index in [2.05, 4.69) is 6.58 Å². The number of aliphatic hydroxyl groups is 1. The van der Waals surface area contributed by atoms with Gasteiger partial charge in [0.25, 0.3) is 0 Å². The van der Waals surface area contributed by atoms with E-state index in [9.17, 15) is 15.0 Å². The molecule has 1 aliphatic heterocycles. The molecule has 5 heteroatoms. The molecule has 144 valence electrons. The van der Waals surface area contributed by atoms with Gasteiger partial charge in [0.15, 0.2) is 5.58 Å². The summed E-state index contributed by atoms with van der Waals surface area (Å²) in [5.41, 5.74) is 0.550. The summed E-state index contributed by atoms with van der Waals surface area (Å²) < 4.78 is 11.6. The molecule has 5 nitrogen and oxygen atoms in total. The van der Waals surface area contributed by atoms with Crippen molar-refractivity contribution < 1.29 is 19.4 Å². The summed E-state index contributed by atoms with van der Waals surface area (Å²) in [5, 5.41) is 22.4. The second kappa shape index (κ2) is 6.89. The van der Waals surface area contributed by atoms with E-state index >= 15 is 0 Å². The number of phenolic OH excluding ortho intramolecular Hbond substituents is 1. The minimum atomic E-state index is -1.07. The number of aromatic hydroxyl groups is 1. The molecule has 1 aliphatic rings. The topological polar surface area (TPSA) is 79.9 Å². The number of fused-ring (bicyclic) bond motifs is 3. The number of aryl methyl sites for hydroxylation is 1. The fourth-order valence-electron chi connectivity index (χ4n) is 3.45. The van der Waals surface area contributed by atoms with Gasteiger partial charge in [-0.3, -0.25) is 0 Å². The van der Waals surface area contributed by atoms with Crippen LogP contribution in [-0.2, 0) is 6.42 Å². The van der Waals surface area contributed by atoms with Crippen LogP contribution in [0, 0.1) is 5.92 Å². The Bertz CT molecular complexity index is 981. The van der Waals surface area contributed by atoms with Crippen LogP contribution in [-0.4, -0.2) is 15.8 Å². The molecule has 2 aromatic rings. The summed E-state index contributed by atoms with van der Waals surface area (Å²) in [6.45, 7) is 11.3. The molecule has 0 bridgehead atoms. The molecule has 1 aromatic carbocycles. The lowest BCUT2D eigenvalue weighted by Gasteiger charge is -2.31. The predicted octanol–water partition coefficient (Wildman–Crippen LogP) is 4.49. The van der Waals surface area contributed by atoms with Crippen LogP contribution in [0.3, 0.4) is 0 Å². The first-order chi connectivity index (χ1) is 12.7. The third-order valence-corrected chi connectivity index (χ3v) is 4.97. The van der Waals surface area contributed by atoms with Gasteiger partial charge in [-0.2, -0.15) is 0 Å². The van der Waals surface area contributed by atoms with Crippen LogP contribution in [0.4, 0.5) is 0 Å². The first-order valence-electron chi connectivity index (χ1n) is 9.24. The van der Waals surface area contributed by atoms with Gasteiger partial charge in [-0.1, -0.05) is 26.3 Å². The van der Waals surface area contributed by atoms with Gasteiger partial charge in [-0.15, -0.1) is 6.58 Å². The molecule has 0 spiro atoms. The quantitative estimate of drug-likeness (QED) is 0.599. The first kappa shape index (κ1) is 19.2. The summed E-state index contributed by atoms with van der Waals surface area (Å²) in [7, 11) is 0. The second-order valence-electron chi connectivity index (χ2n) is 7.63. The highest BCUT2D eigenvalue weighted by Gasteiger charge is 2.33. The van der Waals surface area contributed by atoms with Crippen molar-refractivity contribution in [2.45, 2.75) is 52.2 Å². The van der Waals surface area contributed by atoms with E-state index in [0.29, 0.717) is 23.1 Å². The van der Waals surface area contributed by atoms with Gasteiger partial charge >= 0.3 is 5.63 Å². The minimum Gasteiger partial charge on any atom is -0.507 e. The van der Waals surface area contributed by atoms with E-state index in [1.54, 1.807) is 19.1 Å². The number of ether oxygens (including phenoxy) is 1. The number of phenols is 1. The van der Waals surface area contributed by atoms with E-state index in [1.165, 1.54) is 6.07 Å². The Morgan fingerprint density at radius 3 is 2.70 bits per heavy atom. The zero-order chi connectivity index (χ0) is 19.9. The lowest BCUT2D eigenvalue weighted by atomic mass is 9.89. The summed E-state index contributed by atoms with van der Waals surface area (Å²) in [6.07, 6.45) is 5.65. The average Bonchev–Trinajstić information content (AvgIpc) is 2.59. The van der Waals surface area contributed by atoms with Crippen molar-refractivity contribution >= 4 is 17.0 Å². The lowest BCUT2D eigenvalue weighted by molar-refractivity contribution is 0.135. The molecule has 2 atom stereocenters. The number of hydrogen-bond acceptors (Lipinski definition) is 5. The van der Waals surface area contributed by atoms with Crippen LogP contribution >= 0.6 is 0 Å². The number of rotatable bonds is 5. The molecule has 0 amide bonds. The highest BCUT2D eigenvalue weighted by atomic mass is 16.5. The van der Waals surface area contributed by atoms with Crippen LogP contribution in [0.1, 0.15) is 56.9 Å². The average molecular weight is 370 g/mol. The maximum absolute atomic E-state index is 12.2. The Morgan fingerprint density at radius 2 is 2.07 bits per heavy atom. The highest BCUT2D eigenvalue weighted by Crippen LogP contribution is 2.48. The first-order valence-corrected chi connectivity index (χ1v) is 9.24. The lowest BCUT2D eigenvalue weighted by Crippen LogP contribution is -2.28. The van der Waals surface area contributed by atoms with Crippen LogP contribution in [0.25, 0.3) is 17.0 Å². The second-order valence-corrected chi connectivity index (χ2v) is 7.63. The van der Waals surface area contributed by atoms with Crippen molar-refractivity contribution in [1.82, 2.24) is 0 Å². The summed E-state index contributed by atoms with van der Waals surface area (Å²) >= 11 is 0. The number of hydrogen-bond donors (Lipinski definition) is 2. The maximum atomic E-state index is 12.2. The van der Waals surface area contributed by atoms with E-state index in [1.807, 2.05) is 26.8 Å². The molecule has 2 heterocycles. The van der Waals surface area contributed by atoms with Crippen LogP contribution in [0.2, 0.25) is 0 Å². The minimum absolute atomic E-state index is 0.137. The molecule has 0 unspecified atom stereocenters. The normalized spacial score (nSPS) is 17.2. The summed E-state index contributed by atoms with van der Waals surface area (Å²) in [6, 6.07) is 1.46. The molecular formula is C22H26O5. The Hall–Kier alpha value is -2.53. The van der Waals surface area contributed by atoms with Crippen molar-refractivity contribution in [1.29, 1.82) is 0 Å². The summed E-state index contributed by atoms with van der Waals surface area (Å²) in [5.74, 6) is -0.00568. The number of benzene rings is 1. The Kier molecular flexibility index (Phi) is 4.91. The fraction of sp³-hybridized carbons (Fsp3) is 0.409. The smallest absolute Gasteiger partial charge is 0.336 e. The van der Waals surface area contributed by atoms with Gasteiger partial charge in [-0.05, 0) is 38.0 Å². The van der Waals surface area contributed by atoms with Crippen molar-refractivity contribution in [3.05, 3.63) is 51.9 Å². The van der Waals surface area contributed by atoms with Crippen molar-refractivity contribution in [3.8, 4) is 11.5 Å². The maximum Gasteiger partial charge on any atom is 0.336 e. The van der Waals surface area contributed by atoms with E-state index in [-0.39, 0.29) is 22.8 Å². The van der Waals surface area contributed by atoms with Gasteiger partial charge < -0.3 is 19.4 Å². The standard InChI is InChI=1S/C22H26O5/c1-6-8-13-11-15(23)26-21-16(13)20-14(9-10-22(4,5)27-20)19(25)17(21)18(24)12(3)7-2/h7,9-12,18,24-25H,2,6,8H2,1,3-5H3/t12-,18+/m0/s1. The van der Waals surface area contributed by atoms with Crippen molar-refractivity contribution in [3.63, 3.8) is 0 Å². The number of aliphatic hydroxyl groups excluding tert-OH is 1. The van der Waals surface area contributed by atoms with Crippen LogP contribution < -0.4 is 10.4 Å². The Morgan fingerprint density at radius 1 is 1.37 bits per heavy atom. The zero-order valence-corrected chi connectivity index (χ0v) is 16.2. The molecule has 1 aromatic heterocycles. The van der Waals surface area contributed by atoms with Gasteiger partial charge in [0.2, 0.25) is 0 Å². The predicted molar refractivity (Wildman–Crippen MR) is 106 cm³/mol. The van der Waals surface area contributed by atoms with Gasteiger partial charge in [0.05, 0.1) is 22.6 Å². The van der Waals surface area contributed by atoms with Gasteiger partial charge in [0.1, 0.15) is 17.1 Å². The zero-order valence-electron chi connectivity index (χ0n) is 16.2. The van der Waals surface area contributed by atoms with Crippen molar-refractivity contribution in [2.24, 2.45) is 5.92 Å². The van der Waals surface area contributed by atoms with E-state index in [0.717, 1.165) is 12.0 Å². The van der Waals surface area contributed by atoms with Gasteiger partial charge in [-0.25, -0.2) is 4.79 Å². The van der Waals surface area contributed by atoms with Crippen LogP contribution in [0.5, 0.6) is 11.5 Å². The van der Waals surface area contributed by atoms with E-state index < -0.39 is 17.3 Å². The Labute approximate surface area is 158 Å². The monoisotopic (exact) mass is 370 g/mol. The van der Waals surface area contributed by atoms with Crippen molar-refractivity contribution in [2.75, 3.05) is 0 Å². The molecule has 3 rings (SSSR count). The fourth-order valence-corrected chi connectivity index (χ4v) is 3.45. The third-order valence-electron chi connectivity index (χ3n) is 4.97. The van der Waals surface area contributed by atoms with Crippen LogP contribution in [0.15, 0.2) is 34.0 Å². The Balaban J connectivity index is 2.48. The molecule has 0 saturated carbocycles. The van der Waals surface area contributed by atoms with Gasteiger partial charge in [0, 0.05) is 12.0 Å². The molecule has 2 N–H and O–H groups in total. The highest BCUT2D eigenvalue weighted by molar-refractivity contribution is 5.96. The largest absolute Gasteiger partial charge is 0.507 e. The molecule has 0 fully saturated rings. The molecule has 0 aliphatic carbocycles. The summed E-state index contributed by atoms with van der Waals surface area (Å²) in [4.78, 5) is 12.2. The SMILES string of the molecule is C=C[C@H](C)[C@@H](O)c1c(O)c2c(c3c(CCC)cc(=O)oc13)OC(C)(C)C=C2. The van der Waals surface area contributed by atoms with E-state index in [4.69, 9.17) is 9.15 Å². The molecule has 27 heavy (non-hydrogen) atoms. The molecular weight excluding hydrogens is 344 g/mol.